The number of fused-ring (bicyclic) bond motifs is 1. The first-order valence-electron chi connectivity index (χ1n) is 9.89. The SMILES string of the molecule is O=C(CCSc1ccc(F)cc1)N(CCCn1ccnc1)c1nc2c(F)cc(F)cc2s1. The molecule has 0 radical (unpaired) electrons. The second kappa shape index (κ2) is 10.2. The van der Waals surface area contributed by atoms with Gasteiger partial charge >= 0.3 is 0 Å². The summed E-state index contributed by atoms with van der Waals surface area (Å²) in [6, 6.07) is 8.09. The van der Waals surface area contributed by atoms with Gasteiger partial charge in [0.1, 0.15) is 17.2 Å². The van der Waals surface area contributed by atoms with E-state index in [0.29, 0.717) is 35.1 Å². The van der Waals surface area contributed by atoms with Crippen molar-refractivity contribution in [2.24, 2.45) is 0 Å². The highest BCUT2D eigenvalue weighted by Crippen LogP contribution is 2.32. The summed E-state index contributed by atoms with van der Waals surface area (Å²) in [4.78, 5) is 23.7. The molecule has 0 saturated heterocycles. The average molecular weight is 477 g/mol. The number of imidazole rings is 1. The molecule has 0 spiro atoms. The van der Waals surface area contributed by atoms with Gasteiger partial charge in [0.15, 0.2) is 10.9 Å². The Morgan fingerprint density at radius 2 is 1.94 bits per heavy atom. The van der Waals surface area contributed by atoms with Crippen molar-refractivity contribution in [1.82, 2.24) is 14.5 Å². The molecule has 166 valence electrons. The van der Waals surface area contributed by atoms with E-state index in [1.807, 2.05) is 10.8 Å². The summed E-state index contributed by atoms with van der Waals surface area (Å²) in [6.07, 6.45) is 6.07. The maximum atomic E-state index is 14.1. The van der Waals surface area contributed by atoms with Crippen molar-refractivity contribution < 1.29 is 18.0 Å². The fraction of sp³-hybridized carbons (Fsp3) is 0.227. The molecule has 0 aliphatic heterocycles. The normalized spacial score (nSPS) is 11.2. The van der Waals surface area contributed by atoms with Gasteiger partial charge in [0.2, 0.25) is 5.91 Å². The van der Waals surface area contributed by atoms with Crippen LogP contribution < -0.4 is 4.90 Å². The van der Waals surface area contributed by atoms with Crippen molar-refractivity contribution in [3.63, 3.8) is 0 Å². The predicted octanol–water partition coefficient (Wildman–Crippen LogP) is 5.52. The lowest BCUT2D eigenvalue weighted by atomic mass is 10.3. The van der Waals surface area contributed by atoms with Crippen molar-refractivity contribution in [3.05, 3.63) is 72.6 Å². The molecule has 4 aromatic rings. The molecule has 0 aliphatic carbocycles. The number of aromatic nitrogens is 3. The van der Waals surface area contributed by atoms with Crippen molar-refractivity contribution in [3.8, 4) is 0 Å². The van der Waals surface area contributed by atoms with Gasteiger partial charge in [-0.15, -0.1) is 11.8 Å². The predicted molar refractivity (Wildman–Crippen MR) is 120 cm³/mol. The quantitative estimate of drug-likeness (QED) is 0.299. The van der Waals surface area contributed by atoms with Gasteiger partial charge in [-0.25, -0.2) is 23.1 Å². The van der Waals surface area contributed by atoms with E-state index in [2.05, 4.69) is 9.97 Å². The van der Waals surface area contributed by atoms with E-state index < -0.39 is 11.6 Å². The third-order valence-corrected chi connectivity index (χ3v) is 6.73. The molecule has 4 rings (SSSR count). The van der Waals surface area contributed by atoms with Crippen LogP contribution in [0.3, 0.4) is 0 Å². The Bertz CT molecular complexity index is 1200. The third-order valence-electron chi connectivity index (χ3n) is 4.69. The zero-order valence-electron chi connectivity index (χ0n) is 16.9. The largest absolute Gasteiger partial charge is 0.337 e. The van der Waals surface area contributed by atoms with Crippen LogP contribution in [0.2, 0.25) is 0 Å². The van der Waals surface area contributed by atoms with E-state index in [1.54, 1.807) is 24.7 Å². The number of benzene rings is 2. The molecular formula is C22H19F3N4OS2. The number of thiazole rings is 1. The molecule has 1 amide bonds. The number of nitrogens with zero attached hydrogens (tertiary/aromatic N) is 4. The molecule has 2 aromatic carbocycles. The lowest BCUT2D eigenvalue weighted by molar-refractivity contribution is -0.118. The van der Waals surface area contributed by atoms with Crippen LogP contribution in [-0.4, -0.2) is 32.7 Å². The Hall–Kier alpha value is -2.85. The third kappa shape index (κ3) is 5.49. The number of rotatable bonds is 9. The Morgan fingerprint density at radius 1 is 1.12 bits per heavy atom. The Kier molecular flexibility index (Phi) is 7.11. The van der Waals surface area contributed by atoms with Crippen LogP contribution in [-0.2, 0) is 11.3 Å². The van der Waals surface area contributed by atoms with E-state index in [9.17, 15) is 18.0 Å². The maximum absolute atomic E-state index is 14.1. The van der Waals surface area contributed by atoms with Crippen molar-refractivity contribution in [1.29, 1.82) is 0 Å². The summed E-state index contributed by atoms with van der Waals surface area (Å²) < 4.78 is 43.1. The number of hydrogen-bond donors (Lipinski definition) is 0. The molecule has 0 aliphatic rings. The fourth-order valence-corrected chi connectivity index (χ4v) is 5.03. The van der Waals surface area contributed by atoms with Gasteiger partial charge in [0.25, 0.3) is 0 Å². The summed E-state index contributed by atoms with van der Waals surface area (Å²) in [5, 5.41) is 0.340. The first kappa shape index (κ1) is 22.3. The number of thioether (sulfide) groups is 1. The summed E-state index contributed by atoms with van der Waals surface area (Å²) in [5.41, 5.74) is 0.0551. The number of anilines is 1. The molecule has 2 heterocycles. The molecule has 10 heteroatoms. The van der Waals surface area contributed by atoms with E-state index in [-0.39, 0.29) is 23.7 Å². The summed E-state index contributed by atoms with van der Waals surface area (Å²) >= 11 is 2.54. The number of hydrogen-bond acceptors (Lipinski definition) is 5. The number of halogens is 3. The summed E-state index contributed by atoms with van der Waals surface area (Å²) in [5.74, 6) is -1.41. The molecule has 2 aromatic heterocycles. The molecule has 0 atom stereocenters. The molecule has 0 saturated carbocycles. The molecular weight excluding hydrogens is 457 g/mol. The average Bonchev–Trinajstić information content (AvgIpc) is 3.42. The van der Waals surface area contributed by atoms with Gasteiger partial charge in [-0.3, -0.25) is 9.69 Å². The summed E-state index contributed by atoms with van der Waals surface area (Å²) in [6.45, 7) is 1.03. The van der Waals surface area contributed by atoms with E-state index in [1.165, 1.54) is 34.9 Å². The lowest BCUT2D eigenvalue weighted by Gasteiger charge is -2.20. The highest BCUT2D eigenvalue weighted by molar-refractivity contribution is 7.99. The Morgan fingerprint density at radius 3 is 2.69 bits per heavy atom. The van der Waals surface area contributed by atoms with Gasteiger partial charge in [0.05, 0.1) is 11.0 Å². The van der Waals surface area contributed by atoms with E-state index in [0.717, 1.165) is 22.3 Å². The second-order valence-electron chi connectivity index (χ2n) is 6.98. The van der Waals surface area contributed by atoms with Crippen LogP contribution in [0.4, 0.5) is 18.3 Å². The van der Waals surface area contributed by atoms with Crippen molar-refractivity contribution in [2.45, 2.75) is 24.3 Å². The molecule has 5 nitrogen and oxygen atoms in total. The fourth-order valence-electron chi connectivity index (χ4n) is 3.14. The topological polar surface area (TPSA) is 51.0 Å². The van der Waals surface area contributed by atoms with Crippen LogP contribution in [0.1, 0.15) is 12.8 Å². The summed E-state index contributed by atoms with van der Waals surface area (Å²) in [7, 11) is 0. The van der Waals surface area contributed by atoms with Crippen LogP contribution in [0.5, 0.6) is 0 Å². The molecule has 32 heavy (non-hydrogen) atoms. The van der Waals surface area contributed by atoms with E-state index in [4.69, 9.17) is 0 Å². The smallest absolute Gasteiger partial charge is 0.229 e. The van der Waals surface area contributed by atoms with E-state index >= 15 is 0 Å². The molecule has 0 N–H and O–H groups in total. The minimum absolute atomic E-state index is 0.0551. The number of aryl methyl sites for hydroxylation is 1. The van der Waals surface area contributed by atoms with Gasteiger partial charge < -0.3 is 4.57 Å². The van der Waals surface area contributed by atoms with Gasteiger partial charge in [0, 0.05) is 48.6 Å². The van der Waals surface area contributed by atoms with Crippen LogP contribution in [0, 0.1) is 17.5 Å². The lowest BCUT2D eigenvalue weighted by Crippen LogP contribution is -2.32. The standard InChI is InChI=1S/C22H19F3N4OS2/c23-15-2-4-17(5-3-15)31-11-6-20(30)29(9-1-8-28-10-7-26-14-28)22-27-21-18(25)12-16(24)13-19(21)32-22/h2-5,7,10,12-14H,1,6,8-9,11H2. The Balaban J connectivity index is 1.48. The molecule has 0 bridgehead atoms. The highest BCUT2D eigenvalue weighted by atomic mass is 32.2. The zero-order chi connectivity index (χ0) is 22.5. The number of amides is 1. The van der Waals surface area contributed by atoms with Crippen molar-refractivity contribution >= 4 is 44.4 Å². The first-order chi connectivity index (χ1) is 15.5. The first-order valence-corrected chi connectivity index (χ1v) is 11.7. The maximum Gasteiger partial charge on any atom is 0.229 e. The highest BCUT2D eigenvalue weighted by Gasteiger charge is 2.21. The second-order valence-corrected chi connectivity index (χ2v) is 9.16. The monoisotopic (exact) mass is 476 g/mol. The van der Waals surface area contributed by atoms with Crippen LogP contribution >= 0.6 is 23.1 Å². The van der Waals surface area contributed by atoms with Crippen molar-refractivity contribution in [2.75, 3.05) is 17.2 Å². The Labute approximate surface area is 190 Å². The van der Waals surface area contributed by atoms with Gasteiger partial charge in [-0.05, 0) is 36.8 Å². The van der Waals surface area contributed by atoms with Crippen LogP contribution in [0.25, 0.3) is 10.2 Å². The number of carbonyl (C=O) groups excluding carboxylic acids is 1. The minimum Gasteiger partial charge on any atom is -0.337 e. The number of carbonyl (C=O) groups is 1. The minimum atomic E-state index is -0.750. The molecule has 0 fully saturated rings. The molecule has 0 unspecified atom stereocenters. The van der Waals surface area contributed by atoms with Crippen LogP contribution in [0.15, 0.2) is 60.0 Å². The van der Waals surface area contributed by atoms with Gasteiger partial charge in [-0.2, -0.15) is 0 Å². The van der Waals surface area contributed by atoms with Gasteiger partial charge in [-0.1, -0.05) is 11.3 Å². The zero-order valence-corrected chi connectivity index (χ0v) is 18.5.